The minimum atomic E-state index is -0.107. The van der Waals surface area contributed by atoms with E-state index in [4.69, 9.17) is 9.41 Å². The highest BCUT2D eigenvalue weighted by Gasteiger charge is 2.22. The number of thiol groups is 1. The highest BCUT2D eigenvalue weighted by atomic mass is 32.1. The number of hydrogen-bond acceptors (Lipinski definition) is 5. The van der Waals surface area contributed by atoms with E-state index in [-0.39, 0.29) is 5.91 Å². The van der Waals surface area contributed by atoms with Gasteiger partial charge < -0.3 is 15.1 Å². The lowest BCUT2D eigenvalue weighted by Gasteiger charge is -2.19. The minimum absolute atomic E-state index is 0.107. The standard InChI is InChI=1S/C39H37N3O2S/c1-24-10-7-11-25(2)37(24)41-28-16-18-32-34(22-28)44-35-23-29(42-38-26(3)12-8-13-27(38)4)17-19-33(35)36(32)30-14-5-6-15-31(30)39(43)40-20-9-21-45/h5-8,10-19,22-23,41,45H,9,20-21H2,1-4H3,(H,40,43)/b42-29-. The molecule has 0 fully saturated rings. The first-order valence-electron chi connectivity index (χ1n) is 15.3. The summed E-state index contributed by atoms with van der Waals surface area (Å²) < 4.78 is 6.66. The van der Waals surface area contributed by atoms with Gasteiger partial charge in [-0.3, -0.25) is 4.79 Å². The van der Waals surface area contributed by atoms with Gasteiger partial charge in [0, 0.05) is 52.1 Å². The van der Waals surface area contributed by atoms with Crippen molar-refractivity contribution >= 4 is 46.6 Å². The lowest BCUT2D eigenvalue weighted by molar-refractivity contribution is 0.0954. The van der Waals surface area contributed by atoms with E-state index >= 15 is 0 Å². The van der Waals surface area contributed by atoms with Crippen molar-refractivity contribution in [2.24, 2.45) is 4.99 Å². The zero-order valence-corrected chi connectivity index (χ0v) is 27.0. The van der Waals surface area contributed by atoms with Crippen LogP contribution in [0.3, 0.4) is 0 Å². The number of hydrogen-bond donors (Lipinski definition) is 3. The van der Waals surface area contributed by atoms with E-state index in [9.17, 15) is 4.79 Å². The van der Waals surface area contributed by atoms with Crippen molar-refractivity contribution < 1.29 is 9.21 Å². The van der Waals surface area contributed by atoms with Gasteiger partial charge in [0.25, 0.3) is 5.91 Å². The number of nitrogens with one attached hydrogen (secondary N) is 2. The van der Waals surface area contributed by atoms with Gasteiger partial charge in [-0.2, -0.15) is 12.6 Å². The Hall–Kier alpha value is -4.81. The summed E-state index contributed by atoms with van der Waals surface area (Å²) in [6.07, 6.45) is 0.801. The number of nitrogens with zero attached hydrogens (tertiary/aromatic N) is 1. The predicted molar refractivity (Wildman–Crippen MR) is 189 cm³/mol. The van der Waals surface area contributed by atoms with Gasteiger partial charge in [0.05, 0.1) is 11.0 Å². The number of anilines is 2. The number of aryl methyl sites for hydroxylation is 4. The lowest BCUT2D eigenvalue weighted by Crippen LogP contribution is -2.25. The van der Waals surface area contributed by atoms with E-state index in [1.165, 1.54) is 11.1 Å². The molecule has 0 radical (unpaired) electrons. The summed E-state index contributed by atoms with van der Waals surface area (Å²) in [7, 11) is 0. The average molecular weight is 612 g/mol. The summed E-state index contributed by atoms with van der Waals surface area (Å²) in [6, 6.07) is 32.5. The van der Waals surface area contributed by atoms with Crippen LogP contribution < -0.4 is 16.0 Å². The maximum Gasteiger partial charge on any atom is 0.251 e. The Morgan fingerprint density at radius 1 is 0.778 bits per heavy atom. The molecule has 45 heavy (non-hydrogen) atoms. The highest BCUT2D eigenvalue weighted by molar-refractivity contribution is 7.80. The van der Waals surface area contributed by atoms with E-state index in [0.717, 1.165) is 62.0 Å². The van der Waals surface area contributed by atoms with Gasteiger partial charge in [0.1, 0.15) is 11.3 Å². The van der Waals surface area contributed by atoms with Crippen LogP contribution in [0.15, 0.2) is 106 Å². The molecule has 2 aliphatic rings. The Labute approximate surface area is 269 Å². The second-order valence-corrected chi connectivity index (χ2v) is 11.9. The van der Waals surface area contributed by atoms with Crippen LogP contribution in [0.1, 0.15) is 39.0 Å². The molecule has 4 aromatic rings. The first-order valence-corrected chi connectivity index (χ1v) is 15.9. The third kappa shape index (κ3) is 6.24. The molecular weight excluding hydrogens is 575 g/mol. The van der Waals surface area contributed by atoms with Crippen LogP contribution in [0.5, 0.6) is 0 Å². The largest absolute Gasteiger partial charge is 0.456 e. The van der Waals surface area contributed by atoms with Crippen LogP contribution in [0.2, 0.25) is 0 Å². The quantitative estimate of drug-likeness (QED) is 0.0912. The highest BCUT2D eigenvalue weighted by Crippen LogP contribution is 2.42. The maximum atomic E-state index is 13.4. The van der Waals surface area contributed by atoms with Crippen LogP contribution in [0.4, 0.5) is 17.1 Å². The average Bonchev–Trinajstić information content (AvgIpc) is 3.03. The topological polar surface area (TPSA) is 66.6 Å². The molecule has 4 aromatic carbocycles. The molecular formula is C39H37N3O2S. The summed E-state index contributed by atoms with van der Waals surface area (Å²) in [4.78, 5) is 18.5. The molecule has 6 heteroatoms. The molecule has 0 atom stereocenters. The van der Waals surface area contributed by atoms with Gasteiger partial charge >= 0.3 is 0 Å². The zero-order valence-electron chi connectivity index (χ0n) is 26.1. The SMILES string of the molecule is Cc1cccc(C)c1/N=c1/ccc2c(-c3ccccc3C(=O)NCCCS)c3ccc(Nc4c(C)cccc4C)cc3oc-2c1. The molecule has 1 amide bonds. The van der Waals surface area contributed by atoms with E-state index in [0.29, 0.717) is 29.2 Å². The molecule has 0 bridgehead atoms. The summed E-state index contributed by atoms with van der Waals surface area (Å²) in [5.74, 6) is 1.30. The number of carbonyl (C=O) groups is 1. The second-order valence-electron chi connectivity index (χ2n) is 11.5. The van der Waals surface area contributed by atoms with Gasteiger partial charge in [-0.15, -0.1) is 0 Å². The Balaban J connectivity index is 1.57. The molecule has 6 rings (SSSR count). The van der Waals surface area contributed by atoms with Crippen LogP contribution in [0.25, 0.3) is 33.4 Å². The first-order chi connectivity index (χ1) is 21.8. The van der Waals surface area contributed by atoms with Crippen molar-refractivity contribution in [2.45, 2.75) is 34.1 Å². The monoisotopic (exact) mass is 611 g/mol. The number of fused-ring (bicyclic) bond motifs is 2. The van der Waals surface area contributed by atoms with Crippen molar-refractivity contribution in [2.75, 3.05) is 17.6 Å². The van der Waals surface area contributed by atoms with Crippen LogP contribution >= 0.6 is 12.6 Å². The smallest absolute Gasteiger partial charge is 0.251 e. The third-order valence-corrected chi connectivity index (χ3v) is 8.51. The van der Waals surface area contributed by atoms with Crippen LogP contribution in [-0.2, 0) is 0 Å². The predicted octanol–water partition coefficient (Wildman–Crippen LogP) is 9.46. The number of benzene rings is 5. The third-order valence-electron chi connectivity index (χ3n) is 8.20. The van der Waals surface area contributed by atoms with E-state index < -0.39 is 0 Å². The Kier molecular flexibility index (Phi) is 8.76. The van der Waals surface area contributed by atoms with Crippen molar-refractivity contribution in [1.29, 1.82) is 0 Å². The molecule has 5 nitrogen and oxygen atoms in total. The number of amides is 1. The normalized spacial score (nSPS) is 11.7. The van der Waals surface area contributed by atoms with Crippen molar-refractivity contribution in [1.82, 2.24) is 5.32 Å². The summed E-state index contributed by atoms with van der Waals surface area (Å²) in [5, 5.41) is 8.39. The molecule has 1 aliphatic carbocycles. The molecule has 0 saturated carbocycles. The molecule has 226 valence electrons. The van der Waals surface area contributed by atoms with Gasteiger partial charge in [0.15, 0.2) is 0 Å². The van der Waals surface area contributed by atoms with Gasteiger partial charge in [-0.05, 0) is 98.0 Å². The molecule has 0 unspecified atom stereocenters. The number of carbonyl (C=O) groups excluding carboxylic acids is 1. The molecule has 2 N–H and O–H groups in total. The Morgan fingerprint density at radius 2 is 1.49 bits per heavy atom. The maximum absolute atomic E-state index is 13.4. The van der Waals surface area contributed by atoms with E-state index in [2.05, 4.69) is 99.5 Å². The fraction of sp³-hybridized carbons (Fsp3) is 0.179. The van der Waals surface area contributed by atoms with Crippen molar-refractivity contribution in [3.63, 3.8) is 0 Å². The molecule has 1 heterocycles. The van der Waals surface area contributed by atoms with Crippen molar-refractivity contribution in [3.05, 3.63) is 130 Å². The summed E-state index contributed by atoms with van der Waals surface area (Å²) >= 11 is 4.30. The van der Waals surface area contributed by atoms with Gasteiger partial charge in [0.2, 0.25) is 0 Å². The summed E-state index contributed by atoms with van der Waals surface area (Å²) in [5.41, 5.74) is 11.6. The van der Waals surface area contributed by atoms with E-state index in [1.807, 2.05) is 48.5 Å². The Morgan fingerprint density at radius 3 is 2.22 bits per heavy atom. The fourth-order valence-electron chi connectivity index (χ4n) is 5.86. The number of para-hydroxylation sites is 2. The van der Waals surface area contributed by atoms with Crippen LogP contribution in [-0.4, -0.2) is 18.2 Å². The molecule has 0 aromatic heterocycles. The fourth-order valence-corrected chi connectivity index (χ4v) is 6.02. The minimum Gasteiger partial charge on any atom is -0.456 e. The van der Waals surface area contributed by atoms with Gasteiger partial charge in [-0.1, -0.05) is 54.6 Å². The summed E-state index contributed by atoms with van der Waals surface area (Å²) in [6.45, 7) is 8.92. The van der Waals surface area contributed by atoms with Crippen molar-refractivity contribution in [3.8, 4) is 22.5 Å². The second kappa shape index (κ2) is 13.0. The molecule has 1 aliphatic heterocycles. The Bertz CT molecular complexity index is 2040. The number of rotatable bonds is 8. The van der Waals surface area contributed by atoms with E-state index in [1.54, 1.807) is 0 Å². The zero-order chi connectivity index (χ0) is 31.5. The molecule has 0 spiro atoms. The van der Waals surface area contributed by atoms with Gasteiger partial charge in [-0.25, -0.2) is 4.99 Å². The first kappa shape index (κ1) is 30.2. The molecule has 0 saturated heterocycles. The lowest BCUT2D eigenvalue weighted by atomic mass is 9.90. The van der Waals surface area contributed by atoms with Crippen LogP contribution in [0, 0.1) is 27.7 Å².